The predicted octanol–water partition coefficient (Wildman–Crippen LogP) is 3.50. The molecule has 0 spiro atoms. The average molecular weight is 358 g/mol. The summed E-state index contributed by atoms with van der Waals surface area (Å²) >= 11 is 0. The molecule has 3 aromatic heterocycles. The summed E-state index contributed by atoms with van der Waals surface area (Å²) in [5.41, 5.74) is 5.03. The zero-order valence-corrected chi connectivity index (χ0v) is 15.4. The van der Waals surface area contributed by atoms with E-state index in [9.17, 15) is 0 Å². The van der Waals surface area contributed by atoms with Gasteiger partial charge in [0, 0.05) is 31.0 Å². The van der Waals surface area contributed by atoms with Crippen LogP contribution in [-0.4, -0.2) is 32.8 Å². The van der Waals surface area contributed by atoms with Crippen molar-refractivity contribution in [2.75, 3.05) is 22.9 Å². The van der Waals surface area contributed by atoms with Crippen molar-refractivity contribution in [2.24, 2.45) is 5.92 Å². The van der Waals surface area contributed by atoms with Gasteiger partial charge in [0.25, 0.3) is 0 Å². The van der Waals surface area contributed by atoms with Gasteiger partial charge in [-0.15, -0.1) is 0 Å². The number of nitrogens with zero attached hydrogens (tertiary/aromatic N) is 6. The molecule has 1 saturated heterocycles. The first-order chi connectivity index (χ1) is 13.2. The minimum atomic E-state index is 0.745. The highest BCUT2D eigenvalue weighted by atomic mass is 15.3. The van der Waals surface area contributed by atoms with E-state index in [1.165, 1.54) is 12.0 Å². The lowest BCUT2D eigenvalue weighted by Gasteiger charge is -2.19. The van der Waals surface area contributed by atoms with Crippen LogP contribution in [0.5, 0.6) is 0 Å². The number of rotatable bonds is 3. The topological polar surface area (TPSA) is 50.1 Å². The highest BCUT2D eigenvalue weighted by Crippen LogP contribution is 2.35. The maximum atomic E-state index is 4.76. The molecule has 136 valence electrons. The van der Waals surface area contributed by atoms with Crippen molar-refractivity contribution in [1.82, 2.24) is 19.7 Å². The van der Waals surface area contributed by atoms with Gasteiger partial charge in [-0.3, -0.25) is 4.98 Å². The van der Waals surface area contributed by atoms with Crippen LogP contribution in [0.2, 0.25) is 0 Å². The van der Waals surface area contributed by atoms with Gasteiger partial charge in [0.2, 0.25) is 0 Å². The summed E-state index contributed by atoms with van der Waals surface area (Å²) < 4.78 is 1.90. The molecule has 0 aliphatic carbocycles. The van der Waals surface area contributed by atoms with E-state index in [2.05, 4.69) is 51.6 Å². The Bertz CT molecular complexity index is 976. The number of anilines is 2. The SMILES string of the molecule is C=C1c2nn(-c3ccc(N4CC[C@H](C)C4)nc3)cc2CN1c1cccnc1. The molecule has 0 unspecified atom stereocenters. The number of fused-ring (bicyclic) bond motifs is 1. The molecule has 0 radical (unpaired) electrons. The molecule has 3 aromatic rings. The molecule has 0 aromatic carbocycles. The highest BCUT2D eigenvalue weighted by molar-refractivity contribution is 5.81. The summed E-state index contributed by atoms with van der Waals surface area (Å²) in [7, 11) is 0. The minimum absolute atomic E-state index is 0.745. The van der Waals surface area contributed by atoms with E-state index in [0.29, 0.717) is 0 Å². The Morgan fingerprint density at radius 2 is 2.07 bits per heavy atom. The van der Waals surface area contributed by atoms with Crippen molar-refractivity contribution in [2.45, 2.75) is 19.9 Å². The third-order valence-corrected chi connectivity index (χ3v) is 5.42. The van der Waals surface area contributed by atoms with Crippen molar-refractivity contribution in [3.05, 3.63) is 66.9 Å². The molecule has 0 N–H and O–H groups in total. The van der Waals surface area contributed by atoms with Crippen LogP contribution in [0.4, 0.5) is 11.5 Å². The molecular weight excluding hydrogens is 336 g/mol. The van der Waals surface area contributed by atoms with E-state index in [1.807, 2.05) is 29.2 Å². The molecule has 1 fully saturated rings. The molecule has 5 heterocycles. The molecule has 6 nitrogen and oxygen atoms in total. The zero-order valence-electron chi connectivity index (χ0n) is 15.4. The van der Waals surface area contributed by atoms with Crippen molar-refractivity contribution in [1.29, 1.82) is 0 Å². The normalized spacial score (nSPS) is 19.0. The van der Waals surface area contributed by atoms with Crippen molar-refractivity contribution in [3.8, 4) is 5.69 Å². The van der Waals surface area contributed by atoms with E-state index in [4.69, 9.17) is 5.10 Å². The van der Waals surface area contributed by atoms with Gasteiger partial charge < -0.3 is 9.80 Å². The van der Waals surface area contributed by atoms with Gasteiger partial charge in [-0.2, -0.15) is 5.10 Å². The van der Waals surface area contributed by atoms with Crippen LogP contribution in [0.3, 0.4) is 0 Å². The third-order valence-electron chi connectivity index (χ3n) is 5.42. The van der Waals surface area contributed by atoms with E-state index in [-0.39, 0.29) is 0 Å². The zero-order chi connectivity index (χ0) is 18.4. The molecular formula is C21H22N6. The summed E-state index contributed by atoms with van der Waals surface area (Å²) in [5, 5.41) is 4.76. The maximum absolute atomic E-state index is 4.76. The predicted molar refractivity (Wildman–Crippen MR) is 107 cm³/mol. The number of pyridine rings is 2. The van der Waals surface area contributed by atoms with Crippen LogP contribution in [0.25, 0.3) is 11.4 Å². The molecule has 0 bridgehead atoms. The first-order valence-corrected chi connectivity index (χ1v) is 9.36. The summed E-state index contributed by atoms with van der Waals surface area (Å²) in [5.74, 6) is 1.80. The van der Waals surface area contributed by atoms with Crippen molar-refractivity contribution >= 4 is 17.2 Å². The Morgan fingerprint density at radius 1 is 1.15 bits per heavy atom. The fourth-order valence-corrected chi connectivity index (χ4v) is 3.90. The Balaban J connectivity index is 1.37. The second-order valence-corrected chi connectivity index (χ2v) is 7.41. The summed E-state index contributed by atoms with van der Waals surface area (Å²) in [6, 6.07) is 8.17. The average Bonchev–Trinajstić information content (AvgIpc) is 3.39. The maximum Gasteiger partial charge on any atom is 0.128 e. The van der Waals surface area contributed by atoms with Gasteiger partial charge in [-0.05, 0) is 36.6 Å². The smallest absolute Gasteiger partial charge is 0.128 e. The molecule has 2 aliphatic rings. The first kappa shape index (κ1) is 16.1. The second kappa shape index (κ2) is 6.23. The standard InChI is InChI=1S/C21H22N6/c1-15-7-9-25(12-15)20-6-5-19(11-23-20)27-14-17-13-26(16(2)21(17)24-27)18-4-3-8-22-10-18/h3-6,8,10-11,14-15H,2,7,9,12-13H2,1H3/t15-/m0/s1. The van der Waals surface area contributed by atoms with Gasteiger partial charge >= 0.3 is 0 Å². The Hall–Kier alpha value is -3.15. The third kappa shape index (κ3) is 2.77. The molecule has 0 saturated carbocycles. The van der Waals surface area contributed by atoms with Gasteiger partial charge in [0.05, 0.1) is 36.0 Å². The van der Waals surface area contributed by atoms with Crippen LogP contribution in [0.1, 0.15) is 24.6 Å². The monoisotopic (exact) mass is 358 g/mol. The lowest BCUT2D eigenvalue weighted by atomic mass is 10.2. The molecule has 6 heteroatoms. The Labute approximate surface area is 158 Å². The van der Waals surface area contributed by atoms with E-state index in [0.717, 1.165) is 54.1 Å². The fraction of sp³-hybridized carbons (Fsp3) is 0.286. The van der Waals surface area contributed by atoms with Crippen LogP contribution in [0.15, 0.2) is 55.6 Å². The molecule has 2 aliphatic heterocycles. The van der Waals surface area contributed by atoms with Crippen LogP contribution in [0, 0.1) is 5.92 Å². The highest BCUT2D eigenvalue weighted by Gasteiger charge is 2.27. The van der Waals surface area contributed by atoms with Gasteiger partial charge in [-0.25, -0.2) is 9.67 Å². The van der Waals surface area contributed by atoms with Crippen LogP contribution >= 0.6 is 0 Å². The van der Waals surface area contributed by atoms with Crippen LogP contribution in [-0.2, 0) is 6.54 Å². The minimum Gasteiger partial charge on any atom is -0.356 e. The molecule has 27 heavy (non-hydrogen) atoms. The fourth-order valence-electron chi connectivity index (χ4n) is 3.90. The van der Waals surface area contributed by atoms with Crippen molar-refractivity contribution < 1.29 is 0 Å². The van der Waals surface area contributed by atoms with E-state index < -0.39 is 0 Å². The van der Waals surface area contributed by atoms with Crippen LogP contribution < -0.4 is 9.80 Å². The first-order valence-electron chi connectivity index (χ1n) is 9.36. The summed E-state index contributed by atoms with van der Waals surface area (Å²) in [6.45, 7) is 9.47. The lowest BCUT2D eigenvalue weighted by molar-refractivity contribution is 0.659. The lowest BCUT2D eigenvalue weighted by Crippen LogP contribution is -2.20. The van der Waals surface area contributed by atoms with Gasteiger partial charge in [-0.1, -0.05) is 13.5 Å². The molecule has 0 amide bonds. The van der Waals surface area contributed by atoms with Crippen molar-refractivity contribution in [3.63, 3.8) is 0 Å². The number of hydrogen-bond donors (Lipinski definition) is 0. The Morgan fingerprint density at radius 3 is 2.74 bits per heavy atom. The summed E-state index contributed by atoms with van der Waals surface area (Å²) in [4.78, 5) is 13.4. The Kier molecular flexibility index (Phi) is 3.70. The largest absolute Gasteiger partial charge is 0.356 e. The molecule has 5 rings (SSSR count). The number of hydrogen-bond acceptors (Lipinski definition) is 5. The second-order valence-electron chi connectivity index (χ2n) is 7.41. The van der Waals surface area contributed by atoms with Gasteiger partial charge in [0.1, 0.15) is 11.5 Å². The van der Waals surface area contributed by atoms with E-state index in [1.54, 1.807) is 6.20 Å². The van der Waals surface area contributed by atoms with E-state index >= 15 is 0 Å². The molecule has 1 atom stereocenters. The van der Waals surface area contributed by atoms with Gasteiger partial charge in [0.15, 0.2) is 0 Å². The quantitative estimate of drug-likeness (QED) is 0.717. The summed E-state index contributed by atoms with van der Waals surface area (Å²) in [6.07, 6.45) is 8.85. The number of aromatic nitrogens is 4.